The molecule has 0 saturated carbocycles. The van der Waals surface area contributed by atoms with Crippen molar-refractivity contribution in [3.63, 3.8) is 0 Å². The van der Waals surface area contributed by atoms with E-state index in [1.165, 1.54) is 5.56 Å². The Bertz CT molecular complexity index is 323. The normalized spacial score (nSPS) is 14.3. The first-order valence-corrected chi connectivity index (χ1v) is 7.84. The molecule has 0 saturated heterocycles. The molecule has 2 atom stereocenters. The van der Waals surface area contributed by atoms with Crippen LogP contribution in [0.2, 0.25) is 0 Å². The molecular weight excluding hydrogens is 254 g/mol. The fourth-order valence-corrected chi connectivity index (χ4v) is 2.88. The number of carbonyl (C=O) groups is 1. The smallest absolute Gasteiger partial charge is 0.220 e. The highest BCUT2D eigenvalue weighted by Gasteiger charge is 2.16. The molecule has 0 bridgehead atoms. The summed E-state index contributed by atoms with van der Waals surface area (Å²) in [5.74, 6) is 0.0520. The molecule has 0 aliphatic rings. The summed E-state index contributed by atoms with van der Waals surface area (Å²) >= 11 is 3.22. The number of rotatable bonds is 7. The van der Waals surface area contributed by atoms with Gasteiger partial charge in [-0.1, -0.05) is 0 Å². The maximum atomic E-state index is 11.7. The maximum Gasteiger partial charge on any atom is 0.220 e. The summed E-state index contributed by atoms with van der Waals surface area (Å²) in [6.07, 6.45) is 3.23. The van der Waals surface area contributed by atoms with Gasteiger partial charge in [-0.05, 0) is 42.0 Å². The average molecular weight is 273 g/mol. The molecule has 5 heteroatoms. The summed E-state index contributed by atoms with van der Waals surface area (Å²) < 4.78 is 0. The summed E-state index contributed by atoms with van der Waals surface area (Å²) in [6.45, 7) is 2.02. The molecule has 0 spiro atoms. The monoisotopic (exact) mass is 273 g/mol. The van der Waals surface area contributed by atoms with Crippen molar-refractivity contribution in [2.75, 3.05) is 12.9 Å². The number of hydrogen-bond acceptors (Lipinski definition) is 4. The highest BCUT2D eigenvalue weighted by atomic mass is 32.2. The van der Waals surface area contributed by atoms with Crippen molar-refractivity contribution < 1.29 is 9.90 Å². The lowest BCUT2D eigenvalue weighted by atomic mass is 10.1. The van der Waals surface area contributed by atoms with Crippen LogP contribution in [0, 0.1) is 0 Å². The van der Waals surface area contributed by atoms with E-state index in [4.69, 9.17) is 5.11 Å². The standard InChI is InChI=1S/C12H19NO2S2/c1-9(11(7-14)16-2)13-12(15)4-3-10-5-6-17-8-10/h5-6,8-9,11,14H,3-4,7H2,1-2H3,(H,13,15)/t9-,11-/m0/s1. The number of aliphatic hydroxyl groups excluding tert-OH is 1. The molecule has 0 aliphatic carbocycles. The van der Waals surface area contributed by atoms with Gasteiger partial charge in [-0.3, -0.25) is 4.79 Å². The van der Waals surface area contributed by atoms with Crippen LogP contribution in [0.1, 0.15) is 18.9 Å². The van der Waals surface area contributed by atoms with Crippen LogP contribution in [0.3, 0.4) is 0 Å². The quantitative estimate of drug-likeness (QED) is 0.798. The predicted molar refractivity (Wildman–Crippen MR) is 74.6 cm³/mol. The van der Waals surface area contributed by atoms with E-state index in [0.29, 0.717) is 6.42 Å². The van der Waals surface area contributed by atoms with Crippen molar-refractivity contribution in [1.29, 1.82) is 0 Å². The minimum atomic E-state index is 0.00461. The molecule has 1 amide bonds. The van der Waals surface area contributed by atoms with E-state index in [1.807, 2.05) is 24.6 Å². The van der Waals surface area contributed by atoms with Gasteiger partial charge in [0.05, 0.1) is 6.61 Å². The third-order valence-corrected chi connectivity index (χ3v) is 4.54. The number of aryl methyl sites for hydroxylation is 1. The molecule has 0 unspecified atom stereocenters. The molecule has 2 N–H and O–H groups in total. The van der Waals surface area contributed by atoms with Gasteiger partial charge in [0.25, 0.3) is 0 Å². The van der Waals surface area contributed by atoms with Crippen LogP contribution in [0.15, 0.2) is 16.8 Å². The molecule has 1 heterocycles. The molecule has 1 aromatic rings. The topological polar surface area (TPSA) is 49.3 Å². The number of thioether (sulfide) groups is 1. The molecule has 0 radical (unpaired) electrons. The third-order valence-electron chi connectivity index (χ3n) is 2.65. The van der Waals surface area contributed by atoms with Crippen LogP contribution in [0.4, 0.5) is 0 Å². The lowest BCUT2D eigenvalue weighted by Gasteiger charge is -2.21. The Labute approximate surface area is 111 Å². The lowest BCUT2D eigenvalue weighted by molar-refractivity contribution is -0.121. The SMILES string of the molecule is CS[C@@H](CO)[C@H](C)NC(=O)CCc1ccsc1. The van der Waals surface area contributed by atoms with E-state index < -0.39 is 0 Å². The number of amides is 1. The van der Waals surface area contributed by atoms with Crippen molar-refractivity contribution >= 4 is 29.0 Å². The van der Waals surface area contributed by atoms with E-state index in [1.54, 1.807) is 23.1 Å². The van der Waals surface area contributed by atoms with E-state index >= 15 is 0 Å². The second-order valence-corrected chi connectivity index (χ2v) is 5.80. The zero-order valence-corrected chi connectivity index (χ0v) is 11.8. The molecule has 0 aliphatic heterocycles. The fraction of sp³-hybridized carbons (Fsp3) is 0.583. The Kier molecular flexibility index (Phi) is 6.62. The van der Waals surface area contributed by atoms with Gasteiger partial charge in [-0.15, -0.1) is 0 Å². The lowest BCUT2D eigenvalue weighted by Crippen LogP contribution is -2.41. The minimum absolute atomic E-state index is 0.00461. The van der Waals surface area contributed by atoms with Gasteiger partial charge in [-0.2, -0.15) is 23.1 Å². The van der Waals surface area contributed by atoms with Gasteiger partial charge >= 0.3 is 0 Å². The van der Waals surface area contributed by atoms with Crippen LogP contribution >= 0.6 is 23.1 Å². The highest BCUT2D eigenvalue weighted by molar-refractivity contribution is 7.99. The predicted octanol–water partition coefficient (Wildman–Crippen LogP) is 1.91. The second kappa shape index (κ2) is 7.74. The van der Waals surface area contributed by atoms with Crippen LogP contribution in [0.5, 0.6) is 0 Å². The summed E-state index contributed by atoms with van der Waals surface area (Å²) in [5, 5.41) is 16.2. The van der Waals surface area contributed by atoms with Crippen LogP contribution in [-0.4, -0.2) is 35.2 Å². The Morgan fingerprint density at radius 1 is 1.65 bits per heavy atom. The number of carbonyl (C=O) groups excluding carboxylic acids is 1. The van der Waals surface area contributed by atoms with Gasteiger partial charge in [0.2, 0.25) is 5.91 Å². The van der Waals surface area contributed by atoms with Gasteiger partial charge in [-0.25, -0.2) is 0 Å². The largest absolute Gasteiger partial charge is 0.395 e. The van der Waals surface area contributed by atoms with E-state index in [-0.39, 0.29) is 23.8 Å². The molecule has 3 nitrogen and oxygen atoms in total. The zero-order valence-electron chi connectivity index (χ0n) is 10.2. The summed E-state index contributed by atoms with van der Waals surface area (Å²) in [7, 11) is 0. The first-order valence-electron chi connectivity index (χ1n) is 5.61. The van der Waals surface area contributed by atoms with Gasteiger partial charge in [0.15, 0.2) is 0 Å². The Balaban J connectivity index is 2.29. The molecule has 1 aromatic heterocycles. The van der Waals surface area contributed by atoms with Gasteiger partial charge < -0.3 is 10.4 Å². The molecular formula is C12H19NO2S2. The number of hydrogen-bond donors (Lipinski definition) is 2. The average Bonchev–Trinajstić information content (AvgIpc) is 2.81. The summed E-state index contributed by atoms with van der Waals surface area (Å²) in [4.78, 5) is 11.7. The Morgan fingerprint density at radius 3 is 2.94 bits per heavy atom. The van der Waals surface area contributed by atoms with Crippen LogP contribution in [0.25, 0.3) is 0 Å². The summed E-state index contributed by atoms with van der Waals surface area (Å²) in [5.41, 5.74) is 1.21. The number of aliphatic hydroxyl groups is 1. The third kappa shape index (κ3) is 5.10. The minimum Gasteiger partial charge on any atom is -0.395 e. The maximum absolute atomic E-state index is 11.7. The summed E-state index contributed by atoms with van der Waals surface area (Å²) in [6, 6.07) is 2.05. The second-order valence-electron chi connectivity index (χ2n) is 3.94. The van der Waals surface area contributed by atoms with Crippen molar-refractivity contribution in [1.82, 2.24) is 5.32 Å². The number of nitrogens with one attached hydrogen (secondary N) is 1. The molecule has 96 valence electrons. The first kappa shape index (κ1) is 14.5. The van der Waals surface area contributed by atoms with Gasteiger partial charge in [0.1, 0.15) is 0 Å². The Hall–Kier alpha value is -0.520. The van der Waals surface area contributed by atoms with Crippen LogP contribution in [-0.2, 0) is 11.2 Å². The van der Waals surface area contributed by atoms with E-state index in [0.717, 1.165) is 6.42 Å². The first-order chi connectivity index (χ1) is 8.17. The highest BCUT2D eigenvalue weighted by Crippen LogP contribution is 2.11. The molecule has 0 aromatic carbocycles. The molecule has 0 fully saturated rings. The van der Waals surface area contributed by atoms with Crippen molar-refractivity contribution in [3.8, 4) is 0 Å². The van der Waals surface area contributed by atoms with Crippen LogP contribution < -0.4 is 5.32 Å². The van der Waals surface area contributed by atoms with Crippen molar-refractivity contribution in [3.05, 3.63) is 22.4 Å². The van der Waals surface area contributed by atoms with E-state index in [9.17, 15) is 4.79 Å². The molecule has 17 heavy (non-hydrogen) atoms. The fourth-order valence-electron chi connectivity index (χ4n) is 1.55. The van der Waals surface area contributed by atoms with E-state index in [2.05, 4.69) is 10.7 Å². The van der Waals surface area contributed by atoms with Crippen molar-refractivity contribution in [2.45, 2.75) is 31.1 Å². The molecule has 1 rings (SSSR count). The van der Waals surface area contributed by atoms with Crippen molar-refractivity contribution in [2.24, 2.45) is 0 Å². The van der Waals surface area contributed by atoms with Gasteiger partial charge in [0, 0.05) is 17.7 Å². The number of thiophene rings is 1. The Morgan fingerprint density at radius 2 is 2.41 bits per heavy atom. The zero-order chi connectivity index (χ0) is 12.7.